The zero-order chi connectivity index (χ0) is 19.9. The van der Waals surface area contributed by atoms with Gasteiger partial charge in [0, 0.05) is 12.1 Å². The minimum atomic E-state index is -3.68. The second-order valence-corrected chi connectivity index (χ2v) is 7.67. The lowest BCUT2D eigenvalue weighted by molar-refractivity contribution is -0.119. The molecule has 0 atom stereocenters. The highest BCUT2D eigenvalue weighted by molar-refractivity contribution is 7.92. The summed E-state index contributed by atoms with van der Waals surface area (Å²) in [5.74, 6) is 0.625. The van der Waals surface area contributed by atoms with E-state index in [1.165, 1.54) is 7.11 Å². The van der Waals surface area contributed by atoms with Crippen molar-refractivity contribution in [3.8, 4) is 11.5 Å². The van der Waals surface area contributed by atoms with Crippen molar-refractivity contribution in [2.24, 2.45) is 0 Å². The number of amides is 1. The molecule has 2 aromatic carbocycles. The van der Waals surface area contributed by atoms with E-state index in [9.17, 15) is 13.2 Å². The number of nitrogens with zero attached hydrogens (tertiary/aromatic N) is 1. The number of carbonyl (C=O) groups excluding carboxylic acids is 1. The summed E-state index contributed by atoms with van der Waals surface area (Å²) in [6, 6.07) is 14.0. The summed E-state index contributed by atoms with van der Waals surface area (Å²) in [7, 11) is -2.23. The molecule has 7 nitrogen and oxygen atoms in total. The molecular weight excluding hydrogens is 368 g/mol. The Bertz CT molecular complexity index is 883. The van der Waals surface area contributed by atoms with Gasteiger partial charge in [-0.3, -0.25) is 9.10 Å². The van der Waals surface area contributed by atoms with Crippen molar-refractivity contribution in [1.82, 2.24) is 5.32 Å². The first-order valence-corrected chi connectivity index (χ1v) is 10.3. The molecule has 0 radical (unpaired) electrons. The standard InChI is InChI=1S/C19H24N2O5S/c1-4-26-17-11-7-5-9-15(17)13-20-19(22)14-21(27(3,23)24)16-10-6-8-12-18(16)25-2/h5-12H,4,13-14H2,1-3H3,(H,20,22). The van der Waals surface area contributed by atoms with E-state index in [0.29, 0.717) is 23.8 Å². The van der Waals surface area contributed by atoms with Crippen LogP contribution in [0.1, 0.15) is 12.5 Å². The van der Waals surface area contributed by atoms with Crippen LogP contribution >= 0.6 is 0 Å². The molecule has 0 bridgehead atoms. The predicted molar refractivity (Wildman–Crippen MR) is 105 cm³/mol. The second-order valence-electron chi connectivity index (χ2n) is 5.76. The molecule has 8 heteroatoms. The van der Waals surface area contributed by atoms with Crippen LogP contribution < -0.4 is 19.1 Å². The van der Waals surface area contributed by atoms with Gasteiger partial charge in [0.2, 0.25) is 15.9 Å². The maximum Gasteiger partial charge on any atom is 0.241 e. The van der Waals surface area contributed by atoms with Crippen molar-refractivity contribution in [3.63, 3.8) is 0 Å². The van der Waals surface area contributed by atoms with Gasteiger partial charge in [0.25, 0.3) is 0 Å². The van der Waals surface area contributed by atoms with Gasteiger partial charge in [-0.2, -0.15) is 0 Å². The third-order valence-electron chi connectivity index (χ3n) is 3.79. The Hall–Kier alpha value is -2.74. The number of carbonyl (C=O) groups is 1. The molecule has 2 rings (SSSR count). The van der Waals surface area contributed by atoms with Crippen LogP contribution in [0, 0.1) is 0 Å². The Morgan fingerprint density at radius 1 is 1.07 bits per heavy atom. The van der Waals surface area contributed by atoms with Gasteiger partial charge in [0.05, 0.1) is 25.7 Å². The average Bonchev–Trinajstić information content (AvgIpc) is 2.64. The fourth-order valence-electron chi connectivity index (χ4n) is 2.54. The van der Waals surface area contributed by atoms with Crippen LogP contribution in [0.25, 0.3) is 0 Å². The Labute approximate surface area is 160 Å². The van der Waals surface area contributed by atoms with E-state index in [4.69, 9.17) is 9.47 Å². The Balaban J connectivity index is 2.14. The largest absolute Gasteiger partial charge is 0.495 e. The van der Waals surface area contributed by atoms with Crippen LogP contribution in [0.15, 0.2) is 48.5 Å². The minimum Gasteiger partial charge on any atom is -0.495 e. The van der Waals surface area contributed by atoms with E-state index in [2.05, 4.69) is 5.32 Å². The van der Waals surface area contributed by atoms with Gasteiger partial charge in [-0.05, 0) is 25.1 Å². The average molecular weight is 392 g/mol. The molecule has 0 saturated heterocycles. The molecule has 27 heavy (non-hydrogen) atoms. The molecule has 0 unspecified atom stereocenters. The first kappa shape index (κ1) is 20.6. The smallest absolute Gasteiger partial charge is 0.241 e. The molecule has 2 aromatic rings. The van der Waals surface area contributed by atoms with Gasteiger partial charge in [-0.25, -0.2) is 8.42 Å². The highest BCUT2D eigenvalue weighted by Gasteiger charge is 2.23. The van der Waals surface area contributed by atoms with Crippen molar-refractivity contribution in [3.05, 3.63) is 54.1 Å². The van der Waals surface area contributed by atoms with Gasteiger partial charge in [0.15, 0.2) is 0 Å². The second kappa shape index (κ2) is 9.27. The Morgan fingerprint density at radius 2 is 1.70 bits per heavy atom. The molecule has 0 fully saturated rings. The van der Waals surface area contributed by atoms with E-state index in [-0.39, 0.29) is 13.1 Å². The highest BCUT2D eigenvalue weighted by atomic mass is 32.2. The first-order chi connectivity index (χ1) is 12.9. The maximum atomic E-state index is 12.4. The molecule has 0 heterocycles. The molecular formula is C19H24N2O5S. The summed E-state index contributed by atoms with van der Waals surface area (Å²) in [4.78, 5) is 12.4. The molecule has 0 aliphatic heterocycles. The van der Waals surface area contributed by atoms with Gasteiger partial charge in [0.1, 0.15) is 18.0 Å². The number of hydrogen-bond acceptors (Lipinski definition) is 5. The number of ether oxygens (including phenoxy) is 2. The van der Waals surface area contributed by atoms with Crippen LogP contribution in [0.3, 0.4) is 0 Å². The Kier molecular flexibility index (Phi) is 7.06. The normalized spacial score (nSPS) is 10.9. The lowest BCUT2D eigenvalue weighted by atomic mass is 10.2. The summed E-state index contributed by atoms with van der Waals surface area (Å²) in [6.45, 7) is 2.28. The summed E-state index contributed by atoms with van der Waals surface area (Å²) in [5, 5.41) is 2.74. The topological polar surface area (TPSA) is 84.9 Å². The fourth-order valence-corrected chi connectivity index (χ4v) is 3.40. The number of benzene rings is 2. The summed E-state index contributed by atoms with van der Waals surface area (Å²) < 4.78 is 36.2. The number of para-hydroxylation sites is 3. The summed E-state index contributed by atoms with van der Waals surface area (Å²) in [5.41, 5.74) is 1.13. The van der Waals surface area contributed by atoms with E-state index >= 15 is 0 Å². The van der Waals surface area contributed by atoms with E-state index in [1.807, 2.05) is 31.2 Å². The lowest BCUT2D eigenvalue weighted by Crippen LogP contribution is -2.40. The number of anilines is 1. The third-order valence-corrected chi connectivity index (χ3v) is 4.92. The van der Waals surface area contributed by atoms with Gasteiger partial charge in [-0.1, -0.05) is 30.3 Å². The van der Waals surface area contributed by atoms with Gasteiger partial charge >= 0.3 is 0 Å². The van der Waals surface area contributed by atoms with Crippen molar-refractivity contribution in [2.45, 2.75) is 13.5 Å². The number of methoxy groups -OCH3 is 1. The Morgan fingerprint density at radius 3 is 2.33 bits per heavy atom. The molecule has 1 amide bonds. The van der Waals surface area contributed by atoms with Crippen molar-refractivity contribution in [2.75, 3.05) is 30.8 Å². The molecule has 0 saturated carbocycles. The highest BCUT2D eigenvalue weighted by Crippen LogP contribution is 2.29. The summed E-state index contributed by atoms with van der Waals surface area (Å²) >= 11 is 0. The third kappa shape index (κ3) is 5.62. The number of sulfonamides is 1. The first-order valence-electron chi connectivity index (χ1n) is 8.45. The van der Waals surface area contributed by atoms with E-state index in [0.717, 1.165) is 16.1 Å². The van der Waals surface area contributed by atoms with E-state index in [1.54, 1.807) is 24.3 Å². The predicted octanol–water partition coefficient (Wildman–Crippen LogP) is 2.18. The monoisotopic (exact) mass is 392 g/mol. The van der Waals surface area contributed by atoms with Crippen LogP contribution in [0.2, 0.25) is 0 Å². The number of rotatable bonds is 9. The maximum absolute atomic E-state index is 12.4. The molecule has 0 aliphatic rings. The van der Waals surface area contributed by atoms with Crippen molar-refractivity contribution in [1.29, 1.82) is 0 Å². The molecule has 0 aliphatic carbocycles. The SMILES string of the molecule is CCOc1ccccc1CNC(=O)CN(c1ccccc1OC)S(C)(=O)=O. The van der Waals surface area contributed by atoms with Crippen molar-refractivity contribution < 1.29 is 22.7 Å². The van der Waals surface area contributed by atoms with Crippen LogP contribution in [-0.4, -0.2) is 40.8 Å². The van der Waals surface area contributed by atoms with Crippen LogP contribution in [0.4, 0.5) is 5.69 Å². The van der Waals surface area contributed by atoms with Crippen LogP contribution in [-0.2, 0) is 21.4 Å². The zero-order valence-corrected chi connectivity index (χ0v) is 16.5. The minimum absolute atomic E-state index is 0.235. The van der Waals surface area contributed by atoms with Gasteiger partial charge in [-0.15, -0.1) is 0 Å². The fraction of sp³-hybridized carbons (Fsp3) is 0.316. The lowest BCUT2D eigenvalue weighted by Gasteiger charge is -2.23. The number of nitrogens with one attached hydrogen (secondary N) is 1. The quantitative estimate of drug-likeness (QED) is 0.707. The molecule has 1 N–H and O–H groups in total. The zero-order valence-electron chi connectivity index (χ0n) is 15.6. The van der Waals surface area contributed by atoms with E-state index < -0.39 is 15.9 Å². The van der Waals surface area contributed by atoms with Crippen molar-refractivity contribution >= 4 is 21.6 Å². The van der Waals surface area contributed by atoms with Gasteiger partial charge < -0.3 is 14.8 Å². The van der Waals surface area contributed by atoms with Crippen LogP contribution in [0.5, 0.6) is 11.5 Å². The number of hydrogen-bond donors (Lipinski definition) is 1. The molecule has 146 valence electrons. The molecule has 0 spiro atoms. The molecule has 0 aromatic heterocycles. The summed E-state index contributed by atoms with van der Waals surface area (Å²) in [6.07, 6.45) is 1.05.